The number of aliphatic carboxylic acids is 1. The van der Waals surface area contributed by atoms with Crippen LogP contribution in [0.5, 0.6) is 0 Å². The smallest absolute Gasteiger partial charge is 0.329 e. The molecular formula is C13H14BrFN2O4. The van der Waals surface area contributed by atoms with Gasteiger partial charge in [-0.2, -0.15) is 0 Å². The zero-order chi connectivity index (χ0) is 15.8. The second kappa shape index (κ2) is 5.59. The second-order valence-corrected chi connectivity index (χ2v) is 5.81. The average molecular weight is 361 g/mol. The zero-order valence-corrected chi connectivity index (χ0v) is 12.9. The first-order valence-corrected chi connectivity index (χ1v) is 7.27. The van der Waals surface area contributed by atoms with Crippen molar-refractivity contribution in [2.45, 2.75) is 31.7 Å². The molecule has 0 saturated carbocycles. The molecule has 1 saturated heterocycles. The first-order chi connectivity index (χ1) is 9.83. The predicted molar refractivity (Wildman–Crippen MR) is 78.0 cm³/mol. The Morgan fingerprint density at radius 3 is 2.81 bits per heavy atom. The maximum atomic E-state index is 13.8. The summed E-state index contributed by atoms with van der Waals surface area (Å²) in [4.78, 5) is 23.7. The molecule has 0 spiro atoms. The Labute approximate surface area is 128 Å². The summed E-state index contributed by atoms with van der Waals surface area (Å²) in [7, 11) is 0. The van der Waals surface area contributed by atoms with E-state index < -0.39 is 22.2 Å². The number of anilines is 1. The van der Waals surface area contributed by atoms with Crippen LogP contribution in [-0.4, -0.2) is 28.1 Å². The van der Waals surface area contributed by atoms with Gasteiger partial charge < -0.3 is 10.0 Å². The predicted octanol–water partition coefficient (Wildman–Crippen LogP) is 3.33. The first-order valence-electron chi connectivity index (χ1n) is 6.48. The van der Waals surface area contributed by atoms with Gasteiger partial charge in [-0.3, -0.25) is 10.1 Å². The number of nitro benzene ring substituents is 1. The van der Waals surface area contributed by atoms with Crippen LogP contribution in [-0.2, 0) is 4.79 Å². The molecule has 1 aromatic carbocycles. The molecule has 8 heteroatoms. The fourth-order valence-electron chi connectivity index (χ4n) is 2.86. The summed E-state index contributed by atoms with van der Waals surface area (Å²) in [6, 6.07) is 2.10. The number of nitro groups is 1. The summed E-state index contributed by atoms with van der Waals surface area (Å²) in [5, 5.41) is 20.7. The molecule has 1 aliphatic heterocycles. The van der Waals surface area contributed by atoms with Gasteiger partial charge in [0.1, 0.15) is 17.0 Å². The van der Waals surface area contributed by atoms with E-state index in [1.54, 1.807) is 6.92 Å². The Bertz CT molecular complexity index is 610. The maximum absolute atomic E-state index is 13.8. The molecule has 0 amide bonds. The van der Waals surface area contributed by atoms with Gasteiger partial charge in [-0.1, -0.05) is 6.92 Å². The lowest BCUT2D eigenvalue weighted by molar-refractivity contribution is -0.384. The SMILES string of the molecule is CCC1(C(=O)O)CCCN1c1cc(F)c(Br)cc1[N+](=O)[O-]. The van der Waals surface area contributed by atoms with Crippen LogP contribution >= 0.6 is 15.9 Å². The Morgan fingerprint density at radius 2 is 2.29 bits per heavy atom. The summed E-state index contributed by atoms with van der Waals surface area (Å²) in [6.07, 6.45) is 1.26. The number of nitrogens with zero attached hydrogens (tertiary/aromatic N) is 2. The van der Waals surface area contributed by atoms with E-state index in [1.807, 2.05) is 0 Å². The molecule has 1 heterocycles. The highest BCUT2D eigenvalue weighted by atomic mass is 79.9. The minimum atomic E-state index is -1.22. The number of carboxylic acid groups (broad SMARTS) is 1. The van der Waals surface area contributed by atoms with Gasteiger partial charge in [0.05, 0.1) is 9.40 Å². The number of carbonyl (C=O) groups is 1. The third-order valence-corrected chi connectivity index (χ3v) is 4.58. The van der Waals surface area contributed by atoms with E-state index in [0.29, 0.717) is 19.4 Å². The van der Waals surface area contributed by atoms with Crippen LogP contribution in [0.3, 0.4) is 0 Å². The molecule has 1 aliphatic rings. The van der Waals surface area contributed by atoms with Crippen LogP contribution in [0.4, 0.5) is 15.8 Å². The van der Waals surface area contributed by atoms with Crippen molar-refractivity contribution in [3.8, 4) is 0 Å². The summed E-state index contributed by atoms with van der Waals surface area (Å²) in [5.41, 5.74) is -1.50. The molecular weight excluding hydrogens is 347 g/mol. The Hall–Kier alpha value is -1.70. The summed E-state index contributed by atoms with van der Waals surface area (Å²) >= 11 is 2.92. The minimum Gasteiger partial charge on any atom is -0.479 e. The van der Waals surface area contributed by atoms with Crippen LogP contribution in [0.1, 0.15) is 26.2 Å². The van der Waals surface area contributed by atoms with Crippen molar-refractivity contribution in [1.82, 2.24) is 0 Å². The molecule has 21 heavy (non-hydrogen) atoms. The molecule has 1 atom stereocenters. The Balaban J connectivity index is 2.62. The van der Waals surface area contributed by atoms with Crippen molar-refractivity contribution in [2.75, 3.05) is 11.4 Å². The second-order valence-electron chi connectivity index (χ2n) is 4.96. The van der Waals surface area contributed by atoms with Crippen molar-refractivity contribution in [3.63, 3.8) is 0 Å². The molecule has 1 unspecified atom stereocenters. The molecule has 114 valence electrons. The van der Waals surface area contributed by atoms with Crippen molar-refractivity contribution in [3.05, 3.63) is 32.5 Å². The topological polar surface area (TPSA) is 83.7 Å². The Morgan fingerprint density at radius 1 is 1.62 bits per heavy atom. The lowest BCUT2D eigenvalue weighted by Crippen LogP contribution is -2.50. The zero-order valence-electron chi connectivity index (χ0n) is 11.3. The third kappa shape index (κ3) is 2.48. The lowest BCUT2D eigenvalue weighted by atomic mass is 9.92. The van der Waals surface area contributed by atoms with E-state index in [0.717, 1.165) is 12.1 Å². The van der Waals surface area contributed by atoms with E-state index in [-0.39, 0.29) is 22.3 Å². The summed E-state index contributed by atoms with van der Waals surface area (Å²) in [6.45, 7) is 2.07. The molecule has 6 nitrogen and oxygen atoms in total. The fourth-order valence-corrected chi connectivity index (χ4v) is 3.19. The number of halogens is 2. The summed E-state index contributed by atoms with van der Waals surface area (Å²) < 4.78 is 13.8. The largest absolute Gasteiger partial charge is 0.479 e. The van der Waals surface area contributed by atoms with Gasteiger partial charge in [-0.25, -0.2) is 9.18 Å². The van der Waals surface area contributed by atoms with Crippen LogP contribution in [0.15, 0.2) is 16.6 Å². The molecule has 0 aliphatic carbocycles. The van der Waals surface area contributed by atoms with Crippen LogP contribution in [0.2, 0.25) is 0 Å². The van der Waals surface area contributed by atoms with E-state index in [9.17, 15) is 24.4 Å². The lowest BCUT2D eigenvalue weighted by Gasteiger charge is -2.35. The van der Waals surface area contributed by atoms with Gasteiger partial charge in [0.15, 0.2) is 0 Å². The fraction of sp³-hybridized carbons (Fsp3) is 0.462. The van der Waals surface area contributed by atoms with Gasteiger partial charge in [-0.15, -0.1) is 0 Å². The van der Waals surface area contributed by atoms with Gasteiger partial charge in [-0.05, 0) is 35.2 Å². The van der Waals surface area contributed by atoms with Crippen molar-refractivity contribution < 1.29 is 19.2 Å². The van der Waals surface area contributed by atoms with E-state index in [1.165, 1.54) is 4.90 Å². The van der Waals surface area contributed by atoms with E-state index in [2.05, 4.69) is 15.9 Å². The van der Waals surface area contributed by atoms with Gasteiger partial charge >= 0.3 is 5.97 Å². The standard InChI is InChI=1S/C13H14BrFN2O4/c1-2-13(12(18)19)4-3-5-16(13)10-7-9(15)8(14)6-11(10)17(20)21/h6-7H,2-5H2,1H3,(H,18,19). The molecule has 1 N–H and O–H groups in total. The monoisotopic (exact) mass is 360 g/mol. The number of benzene rings is 1. The van der Waals surface area contributed by atoms with Crippen molar-refractivity contribution in [1.29, 1.82) is 0 Å². The first kappa shape index (κ1) is 15.7. The quantitative estimate of drug-likeness (QED) is 0.657. The molecule has 0 bridgehead atoms. The Kier molecular flexibility index (Phi) is 4.18. The molecule has 1 aromatic rings. The number of hydrogen-bond acceptors (Lipinski definition) is 4. The molecule has 0 aromatic heterocycles. The number of carboxylic acids is 1. The van der Waals surface area contributed by atoms with Crippen molar-refractivity contribution >= 4 is 33.3 Å². The number of hydrogen-bond donors (Lipinski definition) is 1. The highest BCUT2D eigenvalue weighted by molar-refractivity contribution is 9.10. The molecule has 2 rings (SSSR count). The molecule has 0 radical (unpaired) electrons. The van der Waals surface area contributed by atoms with Gasteiger partial charge in [0, 0.05) is 18.7 Å². The normalized spacial score (nSPS) is 21.6. The van der Waals surface area contributed by atoms with E-state index in [4.69, 9.17) is 0 Å². The highest BCUT2D eigenvalue weighted by Crippen LogP contribution is 2.42. The maximum Gasteiger partial charge on any atom is 0.329 e. The minimum absolute atomic E-state index is 0.0162. The van der Waals surface area contributed by atoms with Crippen molar-refractivity contribution in [2.24, 2.45) is 0 Å². The van der Waals surface area contributed by atoms with Crippen LogP contribution in [0, 0.1) is 15.9 Å². The summed E-state index contributed by atoms with van der Waals surface area (Å²) in [5.74, 6) is -1.70. The van der Waals surface area contributed by atoms with E-state index >= 15 is 0 Å². The van der Waals surface area contributed by atoms with Gasteiger partial charge in [0.25, 0.3) is 5.69 Å². The van der Waals surface area contributed by atoms with Crippen LogP contribution in [0.25, 0.3) is 0 Å². The van der Waals surface area contributed by atoms with Gasteiger partial charge in [0.2, 0.25) is 0 Å². The highest BCUT2D eigenvalue weighted by Gasteiger charge is 2.48. The number of rotatable bonds is 4. The average Bonchev–Trinajstić information content (AvgIpc) is 2.86. The van der Waals surface area contributed by atoms with Crippen LogP contribution < -0.4 is 4.90 Å². The molecule has 1 fully saturated rings. The third-order valence-electron chi connectivity index (χ3n) is 3.98.